The Morgan fingerprint density at radius 2 is 1.79 bits per heavy atom. The van der Waals surface area contributed by atoms with Gasteiger partial charge in [0.05, 0.1) is 10.6 Å². The van der Waals surface area contributed by atoms with Crippen molar-refractivity contribution in [1.82, 2.24) is 14.7 Å². The Kier molecular flexibility index (Phi) is 5.54. The van der Waals surface area contributed by atoms with E-state index < -0.39 is 4.92 Å². The highest BCUT2D eigenvalue weighted by atomic mass is 35.5. The fourth-order valence-corrected chi connectivity index (χ4v) is 4.89. The molecule has 2 aliphatic rings. The smallest absolute Gasteiger partial charge is 0.294 e. The maximum atomic E-state index is 13.4. The predicted molar refractivity (Wildman–Crippen MR) is 127 cm³/mol. The van der Waals surface area contributed by atoms with E-state index in [-0.39, 0.29) is 11.6 Å². The average molecular weight is 466 g/mol. The molecule has 3 aromatic rings. The molecule has 1 amide bonds. The number of halogens is 1. The van der Waals surface area contributed by atoms with Gasteiger partial charge in [-0.2, -0.15) is 5.10 Å². The van der Waals surface area contributed by atoms with E-state index in [4.69, 9.17) is 16.7 Å². The van der Waals surface area contributed by atoms with E-state index in [9.17, 15) is 14.9 Å². The molecule has 0 unspecified atom stereocenters. The van der Waals surface area contributed by atoms with Gasteiger partial charge in [0, 0.05) is 48.5 Å². The number of nitro groups is 1. The first-order valence-corrected chi connectivity index (χ1v) is 11.5. The molecular weight excluding hydrogens is 442 g/mol. The lowest BCUT2D eigenvalue weighted by molar-refractivity contribution is -0.384. The normalized spacial score (nSPS) is 15.6. The zero-order chi connectivity index (χ0) is 23.1. The van der Waals surface area contributed by atoms with Crippen molar-refractivity contribution in [3.05, 3.63) is 80.1 Å². The van der Waals surface area contributed by atoms with Gasteiger partial charge in [0.25, 0.3) is 11.6 Å². The molecule has 0 saturated carbocycles. The molecule has 170 valence electrons. The van der Waals surface area contributed by atoms with E-state index in [2.05, 4.69) is 12.1 Å². The van der Waals surface area contributed by atoms with E-state index >= 15 is 0 Å². The van der Waals surface area contributed by atoms with Gasteiger partial charge in [-0.15, -0.1) is 0 Å². The van der Waals surface area contributed by atoms with Crippen LogP contribution in [0.5, 0.6) is 0 Å². The minimum atomic E-state index is -0.417. The minimum Gasteiger partial charge on any atom is -0.362 e. The number of fused-ring (bicyclic) bond motifs is 1. The number of rotatable bonds is 4. The number of aryl methyl sites for hydroxylation is 1. The number of hydrogen-bond acceptors (Lipinski definition) is 5. The molecule has 1 saturated heterocycles. The van der Waals surface area contributed by atoms with Gasteiger partial charge < -0.3 is 9.80 Å². The van der Waals surface area contributed by atoms with Gasteiger partial charge in [-0.05, 0) is 50.5 Å². The molecule has 8 nitrogen and oxygen atoms in total. The van der Waals surface area contributed by atoms with E-state index in [1.165, 1.54) is 11.6 Å². The highest BCUT2D eigenvalue weighted by molar-refractivity contribution is 6.30. The first-order valence-electron chi connectivity index (χ1n) is 11.1. The van der Waals surface area contributed by atoms with Crippen LogP contribution in [0, 0.1) is 17.0 Å². The van der Waals surface area contributed by atoms with E-state index in [0.29, 0.717) is 42.6 Å². The van der Waals surface area contributed by atoms with Crippen LogP contribution in [0.3, 0.4) is 0 Å². The first-order chi connectivity index (χ1) is 15.9. The summed E-state index contributed by atoms with van der Waals surface area (Å²) in [5, 5.41) is 16.5. The Morgan fingerprint density at radius 1 is 1.06 bits per heavy atom. The molecule has 0 bridgehead atoms. The zero-order valence-corrected chi connectivity index (χ0v) is 19.1. The Morgan fingerprint density at radius 3 is 2.48 bits per heavy atom. The molecule has 1 fully saturated rings. The summed E-state index contributed by atoms with van der Waals surface area (Å²) in [7, 11) is 0. The van der Waals surface area contributed by atoms with Gasteiger partial charge in [-0.25, -0.2) is 4.68 Å². The summed E-state index contributed by atoms with van der Waals surface area (Å²) in [6, 6.07) is 12.9. The number of nitrogens with zero attached hydrogens (tertiary/aromatic N) is 5. The molecule has 1 aliphatic heterocycles. The maximum absolute atomic E-state index is 13.4. The van der Waals surface area contributed by atoms with E-state index in [1.54, 1.807) is 17.0 Å². The van der Waals surface area contributed by atoms with Crippen LogP contribution in [0.4, 0.5) is 11.4 Å². The quantitative estimate of drug-likeness (QED) is 0.426. The van der Waals surface area contributed by atoms with Gasteiger partial charge >= 0.3 is 0 Å². The molecule has 0 spiro atoms. The van der Waals surface area contributed by atoms with E-state index in [1.807, 2.05) is 28.6 Å². The average Bonchev–Trinajstić information content (AvgIpc) is 3.42. The molecule has 1 aliphatic carbocycles. The fraction of sp³-hybridized carbons (Fsp3) is 0.333. The van der Waals surface area contributed by atoms with Gasteiger partial charge in [0.1, 0.15) is 5.69 Å². The number of piperazine rings is 1. The molecule has 2 heterocycles. The Hall–Kier alpha value is -3.39. The monoisotopic (exact) mass is 465 g/mol. The summed E-state index contributed by atoms with van der Waals surface area (Å²) in [6.45, 7) is 4.02. The molecule has 33 heavy (non-hydrogen) atoms. The van der Waals surface area contributed by atoms with Gasteiger partial charge in [0.15, 0.2) is 5.69 Å². The molecule has 9 heteroatoms. The van der Waals surface area contributed by atoms with Crippen molar-refractivity contribution >= 4 is 28.9 Å². The second-order valence-corrected chi connectivity index (χ2v) is 8.98. The Labute approximate surface area is 196 Å². The van der Waals surface area contributed by atoms with Crippen LogP contribution < -0.4 is 4.90 Å². The number of amides is 1. The lowest BCUT2D eigenvalue weighted by atomic mass is 10.1. The van der Waals surface area contributed by atoms with Crippen LogP contribution in [-0.2, 0) is 12.8 Å². The lowest BCUT2D eigenvalue weighted by Crippen LogP contribution is -2.49. The van der Waals surface area contributed by atoms with Crippen LogP contribution in [-0.4, -0.2) is 51.7 Å². The predicted octanol–water partition coefficient (Wildman–Crippen LogP) is 4.19. The van der Waals surface area contributed by atoms with Crippen molar-refractivity contribution in [3.63, 3.8) is 0 Å². The molecule has 1 aromatic heterocycles. The highest BCUT2D eigenvalue weighted by Gasteiger charge is 2.32. The SMILES string of the molecule is Cc1ccc(-n2nc(C(=O)N3CCN(c4ccc(Cl)cc4[N+](=O)[O-])CC3)c3c2CCC3)cc1. The third-order valence-electron chi connectivity index (χ3n) is 6.45. The number of hydrogen-bond donors (Lipinski definition) is 0. The van der Waals surface area contributed by atoms with Crippen molar-refractivity contribution in [2.45, 2.75) is 26.2 Å². The van der Waals surface area contributed by atoms with Crippen LogP contribution >= 0.6 is 11.6 Å². The van der Waals surface area contributed by atoms with Crippen molar-refractivity contribution < 1.29 is 9.72 Å². The second kappa shape index (κ2) is 8.51. The lowest BCUT2D eigenvalue weighted by Gasteiger charge is -2.35. The molecule has 0 radical (unpaired) electrons. The van der Waals surface area contributed by atoms with Gasteiger partial charge in [-0.3, -0.25) is 14.9 Å². The minimum absolute atomic E-state index is 0.0167. The van der Waals surface area contributed by atoms with E-state index in [0.717, 1.165) is 36.2 Å². The number of carbonyl (C=O) groups excluding carboxylic acids is 1. The van der Waals surface area contributed by atoms with Crippen molar-refractivity contribution in [2.75, 3.05) is 31.1 Å². The number of nitro benzene ring substituents is 1. The fourth-order valence-electron chi connectivity index (χ4n) is 4.72. The maximum Gasteiger partial charge on any atom is 0.294 e. The molecular formula is C24H24ClN5O3. The largest absolute Gasteiger partial charge is 0.362 e. The Bertz CT molecular complexity index is 1230. The van der Waals surface area contributed by atoms with Crippen molar-refractivity contribution in [1.29, 1.82) is 0 Å². The Balaban J connectivity index is 1.36. The number of carbonyl (C=O) groups is 1. The zero-order valence-electron chi connectivity index (χ0n) is 18.3. The summed E-state index contributed by atoms with van der Waals surface area (Å²) < 4.78 is 1.92. The summed E-state index contributed by atoms with van der Waals surface area (Å²) in [5.41, 5.74) is 5.37. The van der Waals surface area contributed by atoms with Gasteiger partial charge in [-0.1, -0.05) is 29.3 Å². The topological polar surface area (TPSA) is 84.5 Å². The standard InChI is InChI=1S/C24H24ClN5O3/c1-16-5-8-18(9-6-16)29-20-4-2-3-19(20)23(26-29)24(31)28-13-11-27(12-14-28)21-10-7-17(25)15-22(21)30(32)33/h5-10,15H,2-4,11-14H2,1H3. The molecule has 5 rings (SSSR count). The van der Waals surface area contributed by atoms with Crippen LogP contribution in [0.2, 0.25) is 5.02 Å². The first kappa shape index (κ1) is 21.5. The van der Waals surface area contributed by atoms with Crippen LogP contribution in [0.1, 0.15) is 33.7 Å². The summed E-state index contributed by atoms with van der Waals surface area (Å²) in [4.78, 5) is 28.2. The summed E-state index contributed by atoms with van der Waals surface area (Å²) >= 11 is 5.95. The van der Waals surface area contributed by atoms with Crippen LogP contribution in [0.25, 0.3) is 5.69 Å². The third-order valence-corrected chi connectivity index (χ3v) is 6.69. The molecule has 0 atom stereocenters. The molecule has 0 N–H and O–H groups in total. The number of aromatic nitrogens is 2. The third kappa shape index (κ3) is 3.95. The molecule has 2 aromatic carbocycles. The highest BCUT2D eigenvalue weighted by Crippen LogP contribution is 2.32. The van der Waals surface area contributed by atoms with Crippen molar-refractivity contribution in [2.24, 2.45) is 0 Å². The van der Waals surface area contributed by atoms with Crippen molar-refractivity contribution in [3.8, 4) is 5.69 Å². The summed E-state index contributed by atoms with van der Waals surface area (Å²) in [6.07, 6.45) is 2.80. The van der Waals surface area contributed by atoms with Crippen LogP contribution in [0.15, 0.2) is 42.5 Å². The second-order valence-electron chi connectivity index (χ2n) is 8.54. The number of benzene rings is 2. The van der Waals surface area contributed by atoms with Gasteiger partial charge in [0.2, 0.25) is 0 Å². The number of anilines is 1. The summed E-state index contributed by atoms with van der Waals surface area (Å²) in [5.74, 6) is -0.0655.